The highest BCUT2D eigenvalue weighted by Gasteiger charge is 2.29. The highest BCUT2D eigenvalue weighted by Crippen LogP contribution is 2.21. The maximum atomic E-state index is 12.1. The van der Waals surface area contributed by atoms with Crippen molar-refractivity contribution >= 4 is 25.4 Å². The zero-order valence-electron chi connectivity index (χ0n) is 16.6. The van der Waals surface area contributed by atoms with Crippen LogP contribution in [0.1, 0.15) is 52.5 Å². The van der Waals surface area contributed by atoms with E-state index in [-0.39, 0.29) is 11.8 Å². The minimum Gasteiger partial charge on any atom is -0.393 e. The molecule has 2 aromatic rings. The Bertz CT molecular complexity index is 723. The van der Waals surface area contributed by atoms with Crippen LogP contribution in [-0.4, -0.2) is 26.2 Å². The first kappa shape index (κ1) is 21.3. The number of carbonyl (C=O) groups excluding carboxylic acids is 1. The van der Waals surface area contributed by atoms with Crippen molar-refractivity contribution in [1.82, 2.24) is 0 Å². The minimum absolute atomic E-state index is 0.0497. The van der Waals surface area contributed by atoms with Gasteiger partial charge >= 0.3 is 15.0 Å². The summed E-state index contributed by atoms with van der Waals surface area (Å²) in [7, 11) is -1.74. The first-order valence-electron chi connectivity index (χ1n) is 9.36. The van der Waals surface area contributed by atoms with Crippen molar-refractivity contribution in [1.29, 1.82) is 0 Å². The van der Waals surface area contributed by atoms with Crippen LogP contribution in [0, 0.1) is 0 Å². The lowest BCUT2D eigenvalue weighted by atomic mass is 9.87. The Morgan fingerprint density at radius 2 is 1.70 bits per heavy atom. The number of benzene rings is 2. The number of rotatable bonds is 8. The molecule has 27 heavy (non-hydrogen) atoms. The summed E-state index contributed by atoms with van der Waals surface area (Å²) in [6.45, 7) is 8.21. The molecule has 1 N–H and O–H groups in total. The summed E-state index contributed by atoms with van der Waals surface area (Å²) in [4.78, 5) is 17.2. The molecule has 4 nitrogen and oxygen atoms in total. The molecule has 0 aliphatic rings. The Morgan fingerprint density at radius 3 is 2.33 bits per heavy atom. The van der Waals surface area contributed by atoms with Gasteiger partial charge in [0.15, 0.2) is 0 Å². The maximum absolute atomic E-state index is 12.1. The van der Waals surface area contributed by atoms with Crippen LogP contribution in [0.15, 0.2) is 54.6 Å². The van der Waals surface area contributed by atoms with Crippen LogP contribution in [-0.2, 0) is 19.7 Å². The molecular formula is C22H29O4Si. The summed E-state index contributed by atoms with van der Waals surface area (Å²) >= 11 is 0. The molecule has 0 heterocycles. The molecule has 2 rings (SSSR count). The zero-order chi connectivity index (χ0) is 19.9. The lowest BCUT2D eigenvalue weighted by Gasteiger charge is -2.25. The fourth-order valence-corrected chi connectivity index (χ4v) is 4.96. The van der Waals surface area contributed by atoms with Crippen LogP contribution in [0.25, 0.3) is 0 Å². The fraction of sp³-hybridized carbons (Fsp3) is 0.409. The Kier molecular flexibility index (Phi) is 7.77. The standard InChI is InChI=1S/C22H29O4Si/c1-17(23)11-10-16-21(24)25-26-27(18-12-6-5-7-13-18)20-15-9-8-14-19(20)22(2,3)4/h5-9,12-15,17,23H,10-11,16H2,1-4H3. The smallest absolute Gasteiger partial charge is 0.347 e. The van der Waals surface area contributed by atoms with Gasteiger partial charge in [-0.2, -0.15) is 0 Å². The highest BCUT2D eigenvalue weighted by molar-refractivity contribution is 6.80. The molecule has 0 spiro atoms. The number of carbonyl (C=O) groups is 1. The Morgan fingerprint density at radius 1 is 1.07 bits per heavy atom. The predicted octanol–water partition coefficient (Wildman–Crippen LogP) is 3.12. The molecule has 1 atom stereocenters. The molecule has 0 fully saturated rings. The third-order valence-corrected chi connectivity index (χ3v) is 6.27. The summed E-state index contributed by atoms with van der Waals surface area (Å²) in [5.74, 6) is -0.401. The maximum Gasteiger partial charge on any atom is 0.347 e. The molecule has 0 saturated carbocycles. The van der Waals surface area contributed by atoms with Gasteiger partial charge in [0.2, 0.25) is 0 Å². The van der Waals surface area contributed by atoms with Crippen LogP contribution in [0.2, 0.25) is 0 Å². The molecule has 145 valence electrons. The number of aliphatic hydroxyl groups excluding tert-OH is 1. The van der Waals surface area contributed by atoms with E-state index >= 15 is 0 Å². The van der Waals surface area contributed by atoms with E-state index in [1.54, 1.807) is 6.92 Å². The molecule has 0 aliphatic carbocycles. The van der Waals surface area contributed by atoms with Crippen LogP contribution in [0.4, 0.5) is 0 Å². The number of aliphatic hydroxyl groups is 1. The molecule has 0 aromatic heterocycles. The van der Waals surface area contributed by atoms with Gasteiger partial charge in [-0.25, -0.2) is 9.37 Å². The molecule has 1 unspecified atom stereocenters. The van der Waals surface area contributed by atoms with Crippen LogP contribution in [0.5, 0.6) is 0 Å². The minimum atomic E-state index is -1.74. The quantitative estimate of drug-likeness (QED) is 0.431. The summed E-state index contributed by atoms with van der Waals surface area (Å²) in [6, 6.07) is 18.1. The molecule has 1 radical (unpaired) electrons. The first-order chi connectivity index (χ1) is 12.8. The molecule has 0 saturated heterocycles. The summed E-state index contributed by atoms with van der Waals surface area (Å²) in [6.07, 6.45) is 0.960. The van der Waals surface area contributed by atoms with Gasteiger partial charge in [-0.3, -0.25) is 0 Å². The zero-order valence-corrected chi connectivity index (χ0v) is 17.6. The number of hydrogen-bond donors (Lipinski definition) is 1. The van der Waals surface area contributed by atoms with E-state index in [9.17, 15) is 9.90 Å². The van der Waals surface area contributed by atoms with Gasteiger partial charge in [0.25, 0.3) is 0 Å². The van der Waals surface area contributed by atoms with E-state index in [2.05, 4.69) is 32.9 Å². The van der Waals surface area contributed by atoms with Gasteiger partial charge < -0.3 is 9.99 Å². The third kappa shape index (κ3) is 6.61. The van der Waals surface area contributed by atoms with Crippen molar-refractivity contribution in [3.8, 4) is 0 Å². The van der Waals surface area contributed by atoms with Crippen LogP contribution in [0.3, 0.4) is 0 Å². The monoisotopic (exact) mass is 385 g/mol. The first-order valence-corrected chi connectivity index (χ1v) is 10.8. The fourth-order valence-electron chi connectivity index (χ4n) is 2.84. The molecule has 0 bridgehead atoms. The van der Waals surface area contributed by atoms with Gasteiger partial charge in [0.1, 0.15) is 0 Å². The van der Waals surface area contributed by atoms with Crippen molar-refractivity contribution in [2.75, 3.05) is 0 Å². The Balaban J connectivity index is 2.21. The summed E-state index contributed by atoms with van der Waals surface area (Å²) in [5.41, 5.74) is 1.14. The van der Waals surface area contributed by atoms with E-state index < -0.39 is 21.1 Å². The molecule has 0 aliphatic heterocycles. The van der Waals surface area contributed by atoms with E-state index in [0.29, 0.717) is 12.8 Å². The van der Waals surface area contributed by atoms with Gasteiger partial charge in [-0.05, 0) is 41.1 Å². The van der Waals surface area contributed by atoms with Crippen molar-refractivity contribution in [3.05, 3.63) is 60.2 Å². The van der Waals surface area contributed by atoms with E-state index in [0.717, 1.165) is 10.4 Å². The van der Waals surface area contributed by atoms with Crippen molar-refractivity contribution < 1.29 is 19.4 Å². The van der Waals surface area contributed by atoms with Gasteiger partial charge in [0.05, 0.1) is 6.10 Å². The van der Waals surface area contributed by atoms with E-state index in [1.807, 2.05) is 42.5 Å². The molecule has 5 heteroatoms. The lowest BCUT2D eigenvalue weighted by molar-refractivity contribution is -0.215. The molecular weight excluding hydrogens is 356 g/mol. The van der Waals surface area contributed by atoms with Crippen molar-refractivity contribution in [2.45, 2.75) is 58.5 Å². The third-order valence-electron chi connectivity index (χ3n) is 4.24. The molecule has 0 amide bonds. The van der Waals surface area contributed by atoms with E-state index in [1.165, 1.54) is 5.56 Å². The second kappa shape index (κ2) is 9.83. The second-order valence-electron chi connectivity index (χ2n) is 7.77. The summed E-state index contributed by atoms with van der Waals surface area (Å²) in [5, 5.41) is 11.4. The van der Waals surface area contributed by atoms with Gasteiger partial charge in [-0.1, -0.05) is 75.4 Å². The van der Waals surface area contributed by atoms with Gasteiger partial charge in [0, 0.05) is 6.42 Å². The van der Waals surface area contributed by atoms with Crippen molar-refractivity contribution in [2.24, 2.45) is 0 Å². The topological polar surface area (TPSA) is 55.8 Å². The predicted molar refractivity (Wildman–Crippen MR) is 109 cm³/mol. The highest BCUT2D eigenvalue weighted by atomic mass is 28.3. The van der Waals surface area contributed by atoms with E-state index in [4.69, 9.17) is 9.46 Å². The summed E-state index contributed by atoms with van der Waals surface area (Å²) < 4.78 is 5.76. The Labute approximate surface area is 163 Å². The number of hydrogen-bond acceptors (Lipinski definition) is 4. The van der Waals surface area contributed by atoms with Crippen LogP contribution >= 0.6 is 0 Å². The average Bonchev–Trinajstić information content (AvgIpc) is 2.62. The van der Waals surface area contributed by atoms with Gasteiger partial charge in [-0.15, -0.1) is 0 Å². The molecule has 2 aromatic carbocycles. The van der Waals surface area contributed by atoms with Crippen molar-refractivity contribution in [3.63, 3.8) is 0 Å². The second-order valence-corrected chi connectivity index (χ2v) is 9.71. The SMILES string of the molecule is CC(O)CCCC(=O)OO[Si](c1ccccc1)c1ccccc1C(C)(C)C. The Hall–Kier alpha value is -1.95. The average molecular weight is 386 g/mol. The van der Waals surface area contributed by atoms with Crippen LogP contribution < -0.4 is 10.4 Å². The normalized spacial score (nSPS) is 12.8. The largest absolute Gasteiger partial charge is 0.393 e. The lowest BCUT2D eigenvalue weighted by Crippen LogP contribution is -2.48.